The Kier molecular flexibility index (Phi) is 10.3. The van der Waals surface area contributed by atoms with Gasteiger partial charge in [-0.25, -0.2) is 13.2 Å². The van der Waals surface area contributed by atoms with Crippen LogP contribution in [0.5, 0.6) is 0 Å². The second-order valence-corrected chi connectivity index (χ2v) is 18.0. The number of ether oxygens (including phenoxy) is 1. The van der Waals surface area contributed by atoms with E-state index in [-0.39, 0.29) is 17.7 Å². The van der Waals surface area contributed by atoms with E-state index in [1.165, 1.54) is 0 Å². The van der Waals surface area contributed by atoms with E-state index < -0.39 is 55.9 Å². The van der Waals surface area contributed by atoms with Crippen molar-refractivity contribution in [1.82, 2.24) is 19.8 Å². The van der Waals surface area contributed by atoms with Crippen LogP contribution in [0.4, 0.5) is 4.79 Å². The summed E-state index contributed by atoms with van der Waals surface area (Å²) < 4.78 is 33.9. The number of methoxy groups -OCH3 is 1. The molecule has 1 unspecified atom stereocenters. The number of hydrogen-bond donors (Lipinski definition) is 3. The number of rotatable bonds is 14. The number of nitrogens with two attached hydrogens (primary N) is 1. The van der Waals surface area contributed by atoms with Gasteiger partial charge in [-0.1, -0.05) is 74.5 Å². The number of carbonyl (C=O) groups is 3. The summed E-state index contributed by atoms with van der Waals surface area (Å²) in [7, 11) is -2.17. The first-order valence-electron chi connectivity index (χ1n) is 17.4. The van der Waals surface area contributed by atoms with Crippen molar-refractivity contribution < 1.29 is 27.5 Å². The zero-order valence-corrected chi connectivity index (χ0v) is 31.0. The van der Waals surface area contributed by atoms with Crippen molar-refractivity contribution in [2.24, 2.45) is 17.1 Å². The average molecular weight is 708 g/mol. The maximum atomic E-state index is 14.3. The summed E-state index contributed by atoms with van der Waals surface area (Å²) in [5.41, 5.74) is 5.79. The Bertz CT molecular complexity index is 1700. The molecule has 0 bridgehead atoms. The number of primary amides is 1. The lowest BCUT2D eigenvalue weighted by molar-refractivity contribution is -0.132. The molecule has 3 aliphatic rings. The third-order valence-electron chi connectivity index (χ3n) is 10.6. The van der Waals surface area contributed by atoms with Gasteiger partial charge in [0.2, 0.25) is 15.9 Å². The van der Waals surface area contributed by atoms with Crippen LogP contribution in [0.3, 0.4) is 0 Å². The van der Waals surface area contributed by atoms with E-state index >= 15 is 0 Å². The summed E-state index contributed by atoms with van der Waals surface area (Å²) >= 11 is 0. The molecule has 12 heteroatoms. The number of urea groups is 1. The van der Waals surface area contributed by atoms with Crippen LogP contribution in [-0.4, -0.2) is 85.2 Å². The second kappa shape index (κ2) is 13.8. The van der Waals surface area contributed by atoms with Gasteiger partial charge in [0.1, 0.15) is 11.1 Å². The highest BCUT2D eigenvalue weighted by Crippen LogP contribution is 2.46. The maximum absolute atomic E-state index is 14.3. The minimum absolute atomic E-state index is 0.264. The van der Waals surface area contributed by atoms with E-state index in [9.17, 15) is 22.8 Å². The number of nitrogens with zero attached hydrogens (tertiary/aromatic N) is 2. The van der Waals surface area contributed by atoms with Crippen molar-refractivity contribution >= 4 is 27.9 Å². The average Bonchev–Trinajstić information content (AvgIpc) is 3.99. The van der Waals surface area contributed by atoms with E-state index in [2.05, 4.69) is 59.6 Å². The summed E-state index contributed by atoms with van der Waals surface area (Å²) in [6.45, 7) is 15.1. The molecule has 5 rings (SSSR count). The van der Waals surface area contributed by atoms with Gasteiger partial charge in [0.15, 0.2) is 0 Å². The van der Waals surface area contributed by atoms with Gasteiger partial charge in [0.25, 0.3) is 5.91 Å². The number of amides is 4. The van der Waals surface area contributed by atoms with Crippen LogP contribution in [0.1, 0.15) is 72.3 Å². The van der Waals surface area contributed by atoms with Crippen LogP contribution in [0.25, 0.3) is 11.1 Å². The Morgan fingerprint density at radius 3 is 2.16 bits per heavy atom. The summed E-state index contributed by atoms with van der Waals surface area (Å²) in [4.78, 5) is 44.0. The third kappa shape index (κ3) is 7.92. The van der Waals surface area contributed by atoms with Gasteiger partial charge in [0.05, 0.1) is 11.3 Å². The molecule has 1 aliphatic heterocycles. The van der Waals surface area contributed by atoms with E-state index in [0.29, 0.717) is 45.3 Å². The molecule has 2 aliphatic carbocycles. The molecule has 2 saturated carbocycles. The quantitative estimate of drug-likeness (QED) is 0.244. The monoisotopic (exact) mass is 707 g/mol. The molecular formula is C38H53N5O6S. The molecule has 0 aromatic heterocycles. The zero-order chi connectivity index (χ0) is 36.7. The highest BCUT2D eigenvalue weighted by atomic mass is 32.2. The van der Waals surface area contributed by atoms with Crippen molar-refractivity contribution in [2.75, 3.05) is 26.7 Å². The van der Waals surface area contributed by atoms with Crippen LogP contribution in [-0.2, 0) is 30.0 Å². The van der Waals surface area contributed by atoms with Crippen LogP contribution >= 0.6 is 0 Å². The lowest BCUT2D eigenvalue weighted by Gasteiger charge is -2.40. The molecule has 4 atom stereocenters. The summed E-state index contributed by atoms with van der Waals surface area (Å²) in [5.74, 6) is -1.50. The number of likely N-dealkylation sites (tertiary alicyclic amines) is 1. The van der Waals surface area contributed by atoms with Gasteiger partial charge < -0.3 is 20.7 Å². The predicted octanol–water partition coefficient (Wildman–Crippen LogP) is 4.53. The molecule has 11 nitrogen and oxygen atoms in total. The van der Waals surface area contributed by atoms with Crippen LogP contribution in [0.15, 0.2) is 67.3 Å². The summed E-state index contributed by atoms with van der Waals surface area (Å²) in [5, 5.41) is 2.40. The molecular weight excluding hydrogens is 655 g/mol. The lowest BCUT2D eigenvalue weighted by atomic mass is 9.86. The molecule has 0 radical (unpaired) electrons. The molecule has 4 N–H and O–H groups in total. The molecule has 2 aromatic rings. The first-order chi connectivity index (χ1) is 23.4. The highest BCUT2D eigenvalue weighted by molar-refractivity contribution is 7.91. The van der Waals surface area contributed by atoms with Gasteiger partial charge in [-0.05, 0) is 75.1 Å². The van der Waals surface area contributed by atoms with E-state index in [4.69, 9.17) is 10.5 Å². The topological polar surface area (TPSA) is 151 Å². The van der Waals surface area contributed by atoms with Crippen LogP contribution < -0.4 is 15.8 Å². The van der Waals surface area contributed by atoms with Gasteiger partial charge in [0, 0.05) is 38.1 Å². The SMILES string of the molecule is C=CC1C[C@]1(NC(=O)[C@@H]1C[C@@](OC)(c2ccc(-c3ccccc3)cc2)CN1CCC(C)(C)CN(C(N)=O)C(C)(C)C)C(=O)NS(=O)(=O)C1CC1. The molecule has 272 valence electrons. The molecule has 4 amide bonds. The van der Waals surface area contributed by atoms with Crippen molar-refractivity contribution in [2.45, 2.75) is 94.7 Å². The van der Waals surface area contributed by atoms with Crippen molar-refractivity contribution in [1.29, 1.82) is 0 Å². The molecule has 1 heterocycles. The fourth-order valence-electron chi connectivity index (χ4n) is 7.13. The predicted molar refractivity (Wildman–Crippen MR) is 194 cm³/mol. The first kappa shape index (κ1) is 37.5. The Morgan fingerprint density at radius 1 is 1.02 bits per heavy atom. The highest BCUT2D eigenvalue weighted by Gasteiger charge is 2.62. The second-order valence-electron chi connectivity index (χ2n) is 16.0. The van der Waals surface area contributed by atoms with E-state index in [1.807, 2.05) is 51.1 Å². The van der Waals surface area contributed by atoms with Crippen molar-refractivity contribution in [3.63, 3.8) is 0 Å². The largest absolute Gasteiger partial charge is 0.372 e. The summed E-state index contributed by atoms with van der Waals surface area (Å²) in [6.07, 6.45) is 3.82. The first-order valence-corrected chi connectivity index (χ1v) is 18.9. The van der Waals surface area contributed by atoms with E-state index in [0.717, 1.165) is 16.7 Å². The van der Waals surface area contributed by atoms with Crippen LogP contribution in [0.2, 0.25) is 0 Å². The minimum atomic E-state index is -3.81. The lowest BCUT2D eigenvalue weighted by Crippen LogP contribution is -2.56. The van der Waals surface area contributed by atoms with Crippen LogP contribution in [0, 0.1) is 11.3 Å². The molecule has 2 aromatic carbocycles. The van der Waals surface area contributed by atoms with Gasteiger partial charge in [-0.3, -0.25) is 19.2 Å². The maximum Gasteiger partial charge on any atom is 0.315 e. The number of benzene rings is 2. The zero-order valence-electron chi connectivity index (χ0n) is 30.2. The molecule has 50 heavy (non-hydrogen) atoms. The number of hydrogen-bond acceptors (Lipinski definition) is 7. The fraction of sp³-hybridized carbons (Fsp3) is 0.553. The Labute approximate surface area is 297 Å². The van der Waals surface area contributed by atoms with Crippen molar-refractivity contribution in [3.05, 3.63) is 72.8 Å². The fourth-order valence-corrected chi connectivity index (χ4v) is 8.49. The Hall–Kier alpha value is -3.74. The Morgan fingerprint density at radius 2 is 1.64 bits per heavy atom. The molecule has 0 spiro atoms. The molecule has 1 saturated heterocycles. The third-order valence-corrected chi connectivity index (χ3v) is 12.4. The standard InChI is InChI=1S/C38H53N5O6S/c1-8-28-22-38(28,33(45)41-50(47,48)30-18-19-30)40-32(44)31-23-37(49-7,29-16-14-27(15-17-29)26-12-10-9-11-13-26)25-42(31)21-20-36(5,6)24-43(34(39)46)35(2,3)4/h8-17,28,30-31H,1,18-25H2,2-7H3,(H2,39,46)(H,40,44)(H,41,45)/t28?,31-,37-,38+/m0/s1. The normalized spacial score (nSPS) is 25.5. The van der Waals surface area contributed by atoms with Gasteiger partial charge in [-0.15, -0.1) is 6.58 Å². The number of carbonyl (C=O) groups excluding carboxylic acids is 3. The van der Waals surface area contributed by atoms with Crippen molar-refractivity contribution in [3.8, 4) is 11.1 Å². The smallest absolute Gasteiger partial charge is 0.315 e. The molecule has 3 fully saturated rings. The van der Waals surface area contributed by atoms with Gasteiger partial charge in [-0.2, -0.15) is 0 Å². The number of nitrogens with one attached hydrogen (secondary N) is 2. The van der Waals surface area contributed by atoms with E-state index in [1.54, 1.807) is 18.1 Å². The minimum Gasteiger partial charge on any atom is -0.372 e. The summed E-state index contributed by atoms with van der Waals surface area (Å²) in [6, 6.07) is 17.1. The van der Waals surface area contributed by atoms with Gasteiger partial charge >= 0.3 is 6.03 Å². The Balaban J connectivity index is 1.41. The number of sulfonamides is 1.